The van der Waals surface area contributed by atoms with Gasteiger partial charge >= 0.3 is 23.9 Å². The molecule has 156 valence electrons. The maximum atomic E-state index is 11.6. The SMILES string of the molecule is CC(=O)N[C@H](CC#N)[C@@H](OC(C)=O)[C@H](OC(C)=O)[C@@H](COC(C)=O)OC(C)=O. The highest BCUT2D eigenvalue weighted by atomic mass is 16.6. The predicted octanol–water partition coefficient (Wildman–Crippen LogP) is -0.237. The van der Waals surface area contributed by atoms with E-state index in [-0.39, 0.29) is 6.42 Å². The van der Waals surface area contributed by atoms with E-state index in [1.807, 2.05) is 6.07 Å². The number of ether oxygens (including phenoxy) is 4. The lowest BCUT2D eigenvalue weighted by molar-refractivity contribution is -0.191. The highest BCUT2D eigenvalue weighted by Crippen LogP contribution is 2.19. The molecule has 0 aromatic heterocycles. The third kappa shape index (κ3) is 10.1. The average Bonchev–Trinajstić information content (AvgIpc) is 2.53. The number of carbonyl (C=O) groups excluding carboxylic acids is 5. The first-order valence-corrected chi connectivity index (χ1v) is 8.27. The van der Waals surface area contributed by atoms with Crippen LogP contribution in [0.1, 0.15) is 41.0 Å². The number of esters is 4. The van der Waals surface area contributed by atoms with Gasteiger partial charge in [-0.05, 0) is 0 Å². The Morgan fingerprint density at radius 3 is 1.71 bits per heavy atom. The minimum absolute atomic E-state index is 0.310. The number of nitrogens with zero attached hydrogens (tertiary/aromatic N) is 1. The number of carbonyl (C=O) groups is 5. The molecule has 0 heterocycles. The summed E-state index contributed by atoms with van der Waals surface area (Å²) in [7, 11) is 0. The van der Waals surface area contributed by atoms with Crippen molar-refractivity contribution in [2.45, 2.75) is 65.4 Å². The molecule has 0 unspecified atom stereocenters. The second-order valence-electron chi connectivity index (χ2n) is 5.77. The van der Waals surface area contributed by atoms with Crippen molar-refractivity contribution < 1.29 is 42.9 Å². The lowest BCUT2D eigenvalue weighted by Crippen LogP contribution is -2.56. The summed E-state index contributed by atoms with van der Waals surface area (Å²) >= 11 is 0. The number of hydrogen-bond donors (Lipinski definition) is 1. The van der Waals surface area contributed by atoms with Gasteiger partial charge in [0, 0.05) is 34.6 Å². The normalized spacial score (nSPS) is 14.3. The van der Waals surface area contributed by atoms with Crippen LogP contribution in [-0.2, 0) is 42.9 Å². The summed E-state index contributed by atoms with van der Waals surface area (Å²) in [6, 6.07) is 0.734. The van der Waals surface area contributed by atoms with Crippen molar-refractivity contribution in [3.05, 3.63) is 0 Å². The molecule has 4 atom stereocenters. The van der Waals surface area contributed by atoms with E-state index in [9.17, 15) is 24.0 Å². The highest BCUT2D eigenvalue weighted by Gasteiger charge is 2.42. The van der Waals surface area contributed by atoms with E-state index in [0.29, 0.717) is 0 Å². The van der Waals surface area contributed by atoms with E-state index in [1.54, 1.807) is 0 Å². The van der Waals surface area contributed by atoms with Crippen molar-refractivity contribution in [1.29, 1.82) is 5.26 Å². The monoisotopic (exact) mass is 400 g/mol. The quantitative estimate of drug-likeness (QED) is 0.383. The Morgan fingerprint density at radius 2 is 1.32 bits per heavy atom. The van der Waals surface area contributed by atoms with Crippen LogP contribution in [0.15, 0.2) is 0 Å². The molecule has 0 radical (unpaired) electrons. The minimum Gasteiger partial charge on any atom is -0.462 e. The van der Waals surface area contributed by atoms with Crippen molar-refractivity contribution in [3.8, 4) is 6.07 Å². The zero-order valence-electron chi connectivity index (χ0n) is 16.3. The van der Waals surface area contributed by atoms with E-state index < -0.39 is 60.7 Å². The van der Waals surface area contributed by atoms with Crippen molar-refractivity contribution >= 4 is 29.8 Å². The van der Waals surface area contributed by atoms with Crippen LogP contribution in [0.5, 0.6) is 0 Å². The first-order chi connectivity index (χ1) is 13.0. The largest absolute Gasteiger partial charge is 0.462 e. The molecule has 0 fully saturated rings. The van der Waals surface area contributed by atoms with Gasteiger partial charge in [-0.1, -0.05) is 0 Å². The molecule has 1 amide bonds. The molecule has 0 aromatic rings. The molecule has 28 heavy (non-hydrogen) atoms. The van der Waals surface area contributed by atoms with Gasteiger partial charge < -0.3 is 24.3 Å². The van der Waals surface area contributed by atoms with Crippen LogP contribution in [-0.4, -0.2) is 60.7 Å². The number of hydrogen-bond acceptors (Lipinski definition) is 10. The molecular formula is C17H24N2O9. The molecule has 0 saturated heterocycles. The third-order valence-electron chi connectivity index (χ3n) is 3.16. The van der Waals surface area contributed by atoms with Crippen LogP contribution in [0.3, 0.4) is 0 Å². The van der Waals surface area contributed by atoms with Crippen LogP contribution in [0, 0.1) is 11.3 Å². The number of amides is 1. The van der Waals surface area contributed by atoms with Crippen molar-refractivity contribution in [2.24, 2.45) is 0 Å². The Morgan fingerprint density at radius 1 is 0.821 bits per heavy atom. The van der Waals surface area contributed by atoms with Gasteiger partial charge in [-0.2, -0.15) is 5.26 Å². The zero-order valence-corrected chi connectivity index (χ0v) is 16.3. The fourth-order valence-electron chi connectivity index (χ4n) is 2.33. The van der Waals surface area contributed by atoms with Crippen molar-refractivity contribution in [1.82, 2.24) is 5.32 Å². The maximum Gasteiger partial charge on any atom is 0.303 e. The molecule has 0 bridgehead atoms. The van der Waals surface area contributed by atoms with Crippen LogP contribution in [0.25, 0.3) is 0 Å². The average molecular weight is 400 g/mol. The zero-order chi connectivity index (χ0) is 21.9. The van der Waals surface area contributed by atoms with Crippen LogP contribution in [0.2, 0.25) is 0 Å². The standard InChI is InChI=1S/C17H24N2O9/c1-9(20)19-14(6-7-18)16(27-12(4)23)17(28-13(5)24)15(26-11(3)22)8-25-10(2)21/h14-17H,6,8H2,1-5H3,(H,19,20)/t14-,15-,16-,17-/m1/s1. The second kappa shape index (κ2) is 12.3. The molecule has 0 saturated carbocycles. The van der Waals surface area contributed by atoms with Gasteiger partial charge in [0.25, 0.3) is 0 Å². The van der Waals surface area contributed by atoms with Gasteiger partial charge in [0.2, 0.25) is 5.91 Å². The summed E-state index contributed by atoms with van der Waals surface area (Å²) in [6.07, 6.45) is -4.53. The van der Waals surface area contributed by atoms with Gasteiger partial charge in [0.15, 0.2) is 18.3 Å². The number of nitrogens with one attached hydrogen (secondary N) is 1. The predicted molar refractivity (Wildman–Crippen MR) is 91.1 cm³/mol. The lowest BCUT2D eigenvalue weighted by Gasteiger charge is -2.35. The second-order valence-corrected chi connectivity index (χ2v) is 5.77. The summed E-state index contributed by atoms with van der Waals surface area (Å²) in [4.78, 5) is 57.3. The summed E-state index contributed by atoms with van der Waals surface area (Å²) < 4.78 is 20.3. The van der Waals surface area contributed by atoms with Gasteiger partial charge in [-0.3, -0.25) is 24.0 Å². The van der Waals surface area contributed by atoms with Crippen molar-refractivity contribution in [3.63, 3.8) is 0 Å². The molecule has 0 aliphatic rings. The molecule has 11 heteroatoms. The first-order valence-electron chi connectivity index (χ1n) is 8.27. The molecule has 0 aliphatic carbocycles. The summed E-state index contributed by atoms with van der Waals surface area (Å²) in [5.74, 6) is -3.64. The third-order valence-corrected chi connectivity index (χ3v) is 3.16. The van der Waals surface area contributed by atoms with E-state index >= 15 is 0 Å². The van der Waals surface area contributed by atoms with E-state index in [2.05, 4.69) is 5.32 Å². The lowest BCUT2D eigenvalue weighted by atomic mass is 9.98. The molecular weight excluding hydrogens is 376 g/mol. The fraction of sp³-hybridized carbons (Fsp3) is 0.647. The number of nitriles is 1. The first kappa shape index (κ1) is 24.8. The molecule has 1 N–H and O–H groups in total. The van der Waals surface area contributed by atoms with Crippen LogP contribution < -0.4 is 5.32 Å². The van der Waals surface area contributed by atoms with E-state index in [1.165, 1.54) is 6.92 Å². The Hall–Kier alpha value is -3.16. The molecule has 0 rings (SSSR count). The van der Waals surface area contributed by atoms with Crippen molar-refractivity contribution in [2.75, 3.05) is 6.61 Å². The maximum absolute atomic E-state index is 11.6. The minimum atomic E-state index is -1.46. The Balaban J connectivity index is 6.10. The van der Waals surface area contributed by atoms with Gasteiger partial charge in [0.1, 0.15) is 6.61 Å². The Kier molecular flexibility index (Phi) is 10.9. The van der Waals surface area contributed by atoms with Gasteiger partial charge in [-0.15, -0.1) is 0 Å². The summed E-state index contributed by atoms with van der Waals surface area (Å²) in [5, 5.41) is 11.5. The fourth-order valence-corrected chi connectivity index (χ4v) is 2.33. The Bertz CT molecular complexity index is 641. The van der Waals surface area contributed by atoms with Gasteiger partial charge in [0.05, 0.1) is 18.5 Å². The molecule has 0 aliphatic heterocycles. The number of rotatable bonds is 10. The Labute approximate surface area is 162 Å². The van der Waals surface area contributed by atoms with E-state index in [0.717, 1.165) is 27.7 Å². The highest BCUT2D eigenvalue weighted by molar-refractivity contribution is 5.73. The van der Waals surface area contributed by atoms with Crippen LogP contribution >= 0.6 is 0 Å². The van der Waals surface area contributed by atoms with E-state index in [4.69, 9.17) is 24.2 Å². The molecule has 11 nitrogen and oxygen atoms in total. The summed E-state index contributed by atoms with van der Waals surface area (Å²) in [5.41, 5.74) is 0. The molecule has 0 spiro atoms. The summed E-state index contributed by atoms with van der Waals surface area (Å²) in [6.45, 7) is 4.99. The topological polar surface area (TPSA) is 158 Å². The van der Waals surface area contributed by atoms with Gasteiger partial charge in [-0.25, -0.2) is 0 Å². The van der Waals surface area contributed by atoms with Crippen LogP contribution in [0.4, 0.5) is 0 Å². The molecule has 0 aromatic carbocycles. The smallest absolute Gasteiger partial charge is 0.303 e.